The van der Waals surface area contributed by atoms with Crippen molar-refractivity contribution >= 4 is 17.0 Å². The third-order valence-corrected chi connectivity index (χ3v) is 2.98. The van der Waals surface area contributed by atoms with Gasteiger partial charge in [-0.3, -0.25) is 0 Å². The van der Waals surface area contributed by atoms with E-state index < -0.39 is 5.97 Å². The number of nitrogens with zero attached hydrogens (tertiary/aromatic N) is 1. The van der Waals surface area contributed by atoms with Gasteiger partial charge in [-0.1, -0.05) is 24.3 Å². The maximum absolute atomic E-state index is 10.9. The van der Waals surface area contributed by atoms with E-state index >= 15 is 0 Å². The predicted molar refractivity (Wildman–Crippen MR) is 72.3 cm³/mol. The molecule has 0 spiro atoms. The minimum absolute atomic E-state index is 0.300. The molecule has 94 valence electrons. The highest BCUT2D eigenvalue weighted by molar-refractivity contribution is 5.87. The van der Waals surface area contributed by atoms with Crippen molar-refractivity contribution in [3.63, 3.8) is 0 Å². The van der Waals surface area contributed by atoms with Crippen molar-refractivity contribution in [3.8, 4) is 0 Å². The lowest BCUT2D eigenvalue weighted by Crippen LogP contribution is -1.98. The lowest BCUT2D eigenvalue weighted by Gasteiger charge is -2.00. The number of hydrogen-bond donors (Lipinski definition) is 2. The third kappa shape index (κ3) is 2.33. The number of fused-ring (bicyclic) bond motifs is 1. The van der Waals surface area contributed by atoms with E-state index in [0.29, 0.717) is 12.0 Å². The number of rotatable bonds is 3. The number of hydrogen-bond acceptors (Lipinski definition) is 2. The van der Waals surface area contributed by atoms with Gasteiger partial charge in [0.25, 0.3) is 0 Å². The Morgan fingerprint density at radius 1 is 1.16 bits per heavy atom. The number of imidazole rings is 1. The van der Waals surface area contributed by atoms with Crippen LogP contribution >= 0.6 is 0 Å². The highest BCUT2D eigenvalue weighted by Crippen LogP contribution is 2.14. The summed E-state index contributed by atoms with van der Waals surface area (Å²) in [7, 11) is 0. The standard InChI is InChI=1S/C15H12N2O2/c18-15(19)11-5-3-4-10(8-11)9-14-16-12-6-1-2-7-13(12)17-14/h1-8H,9H2,(H,16,17)(H,18,19). The summed E-state index contributed by atoms with van der Waals surface area (Å²) in [5.41, 5.74) is 3.14. The third-order valence-electron chi connectivity index (χ3n) is 2.98. The number of H-pyrrole nitrogens is 1. The number of benzene rings is 2. The average Bonchev–Trinajstić information content (AvgIpc) is 2.81. The topological polar surface area (TPSA) is 66.0 Å². The summed E-state index contributed by atoms with van der Waals surface area (Å²) in [6, 6.07) is 14.7. The average molecular weight is 252 g/mol. The van der Waals surface area contributed by atoms with Crippen molar-refractivity contribution < 1.29 is 9.90 Å². The molecule has 4 heteroatoms. The summed E-state index contributed by atoms with van der Waals surface area (Å²) in [5.74, 6) is -0.0739. The van der Waals surface area contributed by atoms with Crippen molar-refractivity contribution in [1.29, 1.82) is 0 Å². The van der Waals surface area contributed by atoms with E-state index in [2.05, 4.69) is 9.97 Å². The van der Waals surface area contributed by atoms with Gasteiger partial charge in [0.15, 0.2) is 0 Å². The second-order valence-corrected chi connectivity index (χ2v) is 4.38. The number of para-hydroxylation sites is 2. The number of carbonyl (C=O) groups is 1. The van der Waals surface area contributed by atoms with Gasteiger partial charge in [0.2, 0.25) is 0 Å². The van der Waals surface area contributed by atoms with Crippen molar-refractivity contribution in [3.05, 3.63) is 65.5 Å². The molecule has 0 radical (unpaired) electrons. The maximum Gasteiger partial charge on any atom is 0.335 e. The summed E-state index contributed by atoms with van der Waals surface area (Å²) < 4.78 is 0. The smallest absolute Gasteiger partial charge is 0.335 e. The zero-order chi connectivity index (χ0) is 13.2. The van der Waals surface area contributed by atoms with Gasteiger partial charge in [0.1, 0.15) is 5.82 Å². The van der Waals surface area contributed by atoms with Gasteiger partial charge >= 0.3 is 5.97 Å². The summed E-state index contributed by atoms with van der Waals surface area (Å²) in [5, 5.41) is 8.97. The van der Waals surface area contributed by atoms with Gasteiger partial charge in [-0.2, -0.15) is 0 Å². The summed E-state index contributed by atoms with van der Waals surface area (Å²) >= 11 is 0. The van der Waals surface area contributed by atoms with Crippen LogP contribution < -0.4 is 0 Å². The number of aromatic carboxylic acids is 1. The van der Waals surface area contributed by atoms with Crippen LogP contribution in [0.3, 0.4) is 0 Å². The largest absolute Gasteiger partial charge is 0.478 e. The van der Waals surface area contributed by atoms with Gasteiger partial charge in [-0.15, -0.1) is 0 Å². The zero-order valence-electron chi connectivity index (χ0n) is 10.1. The molecule has 0 aliphatic heterocycles. The van der Waals surface area contributed by atoms with Gasteiger partial charge in [-0.25, -0.2) is 9.78 Å². The second kappa shape index (κ2) is 4.57. The van der Waals surface area contributed by atoms with Crippen molar-refractivity contribution in [2.45, 2.75) is 6.42 Å². The molecule has 3 aromatic rings. The first-order chi connectivity index (χ1) is 9.22. The van der Waals surface area contributed by atoms with Crippen LogP contribution in [-0.4, -0.2) is 21.0 Å². The van der Waals surface area contributed by atoms with Gasteiger partial charge in [-0.05, 0) is 29.8 Å². The molecular weight excluding hydrogens is 240 g/mol. The summed E-state index contributed by atoms with van der Waals surface area (Å²) in [6.07, 6.45) is 0.593. The predicted octanol–water partition coefficient (Wildman–Crippen LogP) is 2.85. The Morgan fingerprint density at radius 2 is 2.00 bits per heavy atom. The Hall–Kier alpha value is -2.62. The Morgan fingerprint density at radius 3 is 2.79 bits per heavy atom. The molecule has 0 unspecified atom stereocenters. The van der Waals surface area contributed by atoms with E-state index in [4.69, 9.17) is 5.11 Å². The number of carboxylic acids is 1. The Bertz CT molecular complexity index is 713. The van der Waals surface area contributed by atoms with Crippen LogP contribution in [0.2, 0.25) is 0 Å². The highest BCUT2D eigenvalue weighted by atomic mass is 16.4. The lowest BCUT2D eigenvalue weighted by atomic mass is 10.1. The first kappa shape index (κ1) is 11.5. The SMILES string of the molecule is O=C(O)c1cccc(Cc2nc3ccccc3[nH]2)c1. The molecule has 0 aliphatic carbocycles. The minimum Gasteiger partial charge on any atom is -0.478 e. The normalized spacial score (nSPS) is 10.7. The Kier molecular flexibility index (Phi) is 2.76. The molecule has 0 aliphatic rings. The van der Waals surface area contributed by atoms with E-state index in [1.165, 1.54) is 0 Å². The highest BCUT2D eigenvalue weighted by Gasteiger charge is 2.06. The van der Waals surface area contributed by atoms with E-state index in [9.17, 15) is 4.79 Å². The van der Waals surface area contributed by atoms with Crippen LogP contribution in [0.4, 0.5) is 0 Å². The van der Waals surface area contributed by atoms with Crippen LogP contribution in [0.1, 0.15) is 21.7 Å². The zero-order valence-corrected chi connectivity index (χ0v) is 10.1. The van der Waals surface area contributed by atoms with Crippen molar-refractivity contribution in [1.82, 2.24) is 9.97 Å². The molecule has 2 aromatic carbocycles. The first-order valence-corrected chi connectivity index (χ1v) is 5.98. The molecule has 0 bridgehead atoms. The molecule has 4 nitrogen and oxygen atoms in total. The van der Waals surface area contributed by atoms with Crippen molar-refractivity contribution in [2.24, 2.45) is 0 Å². The number of nitrogens with one attached hydrogen (secondary N) is 1. The van der Waals surface area contributed by atoms with Crippen LogP contribution in [-0.2, 0) is 6.42 Å². The van der Waals surface area contributed by atoms with Gasteiger partial charge in [0, 0.05) is 6.42 Å². The van der Waals surface area contributed by atoms with Crippen LogP contribution in [0.5, 0.6) is 0 Å². The van der Waals surface area contributed by atoms with Crippen LogP contribution in [0.15, 0.2) is 48.5 Å². The van der Waals surface area contributed by atoms with Crippen molar-refractivity contribution in [2.75, 3.05) is 0 Å². The van der Waals surface area contributed by atoms with E-state index in [1.54, 1.807) is 18.2 Å². The quantitative estimate of drug-likeness (QED) is 0.753. The van der Waals surface area contributed by atoms with E-state index in [1.807, 2.05) is 30.3 Å². The number of aromatic amines is 1. The fourth-order valence-corrected chi connectivity index (χ4v) is 2.10. The molecule has 0 amide bonds. The van der Waals surface area contributed by atoms with E-state index in [-0.39, 0.29) is 0 Å². The fourth-order valence-electron chi connectivity index (χ4n) is 2.10. The molecule has 19 heavy (non-hydrogen) atoms. The second-order valence-electron chi connectivity index (χ2n) is 4.38. The number of carboxylic acid groups (broad SMARTS) is 1. The van der Waals surface area contributed by atoms with Gasteiger partial charge < -0.3 is 10.1 Å². The molecule has 0 saturated carbocycles. The van der Waals surface area contributed by atoms with Gasteiger partial charge in [0.05, 0.1) is 16.6 Å². The van der Waals surface area contributed by atoms with Crippen LogP contribution in [0.25, 0.3) is 11.0 Å². The lowest BCUT2D eigenvalue weighted by molar-refractivity contribution is 0.0697. The maximum atomic E-state index is 10.9. The molecule has 0 atom stereocenters. The summed E-state index contributed by atoms with van der Waals surface area (Å²) in [4.78, 5) is 18.6. The monoisotopic (exact) mass is 252 g/mol. The number of aromatic nitrogens is 2. The molecular formula is C15H12N2O2. The van der Waals surface area contributed by atoms with Crippen LogP contribution in [0, 0.1) is 0 Å². The molecule has 0 fully saturated rings. The van der Waals surface area contributed by atoms with E-state index in [0.717, 1.165) is 22.4 Å². The molecule has 1 heterocycles. The summed E-state index contributed by atoms with van der Waals surface area (Å²) in [6.45, 7) is 0. The Balaban J connectivity index is 1.92. The molecule has 0 saturated heterocycles. The Labute approximate surface area is 109 Å². The minimum atomic E-state index is -0.911. The molecule has 1 aromatic heterocycles. The molecule has 3 rings (SSSR count). The first-order valence-electron chi connectivity index (χ1n) is 5.98. The molecule has 2 N–H and O–H groups in total. The fraction of sp³-hybridized carbons (Fsp3) is 0.0667.